The summed E-state index contributed by atoms with van der Waals surface area (Å²) in [5.41, 5.74) is 0.934. The lowest BCUT2D eigenvalue weighted by Gasteiger charge is -2.27. The summed E-state index contributed by atoms with van der Waals surface area (Å²) in [4.78, 5) is 2.27. The molecule has 0 spiro atoms. The third-order valence-electron chi connectivity index (χ3n) is 2.85. The summed E-state index contributed by atoms with van der Waals surface area (Å²) in [5, 5.41) is 9.81. The number of phenols is 1. The molecule has 0 saturated heterocycles. The van der Waals surface area contributed by atoms with Gasteiger partial charge in [0.2, 0.25) is 0 Å². The fourth-order valence-corrected chi connectivity index (χ4v) is 2.23. The Labute approximate surface area is 112 Å². The van der Waals surface area contributed by atoms with Crippen LogP contribution in [0, 0.1) is 0 Å². The molecule has 17 heavy (non-hydrogen) atoms. The van der Waals surface area contributed by atoms with Crippen molar-refractivity contribution in [3.8, 4) is 5.75 Å². The molecule has 0 heterocycles. The summed E-state index contributed by atoms with van der Waals surface area (Å²) in [6, 6.07) is 5.85. The summed E-state index contributed by atoms with van der Waals surface area (Å²) < 4.78 is 6.15. The van der Waals surface area contributed by atoms with Gasteiger partial charge in [-0.1, -0.05) is 22.9 Å². The average Bonchev–Trinajstić information content (AvgIpc) is 2.30. The molecule has 1 N–H and O–H groups in total. The minimum Gasteiger partial charge on any atom is -0.508 e. The highest BCUT2D eigenvalue weighted by atomic mass is 79.9. The average molecular weight is 302 g/mol. The Morgan fingerprint density at radius 2 is 2.18 bits per heavy atom. The van der Waals surface area contributed by atoms with Crippen LogP contribution in [-0.4, -0.2) is 36.3 Å². The molecule has 0 aromatic heterocycles. The largest absolute Gasteiger partial charge is 0.508 e. The van der Waals surface area contributed by atoms with Crippen molar-refractivity contribution in [2.75, 3.05) is 20.3 Å². The van der Waals surface area contributed by atoms with E-state index in [0.29, 0.717) is 18.4 Å². The second kappa shape index (κ2) is 6.99. The van der Waals surface area contributed by atoms with Crippen molar-refractivity contribution < 1.29 is 9.84 Å². The monoisotopic (exact) mass is 301 g/mol. The molecule has 0 aliphatic rings. The fraction of sp³-hybridized carbons (Fsp3) is 0.538. The summed E-state index contributed by atoms with van der Waals surface area (Å²) in [6.45, 7) is 6.59. The molecule has 0 aliphatic carbocycles. The van der Waals surface area contributed by atoms with E-state index >= 15 is 0 Å². The highest BCUT2D eigenvalue weighted by Gasteiger charge is 2.14. The molecule has 0 fully saturated rings. The van der Waals surface area contributed by atoms with E-state index in [-0.39, 0.29) is 0 Å². The molecule has 4 heteroatoms. The van der Waals surface area contributed by atoms with Crippen molar-refractivity contribution >= 4 is 15.9 Å². The second-order valence-corrected chi connectivity index (χ2v) is 5.06. The molecule has 1 atom stereocenters. The molecule has 1 unspecified atom stereocenters. The Kier molecular flexibility index (Phi) is 5.95. The summed E-state index contributed by atoms with van der Waals surface area (Å²) in [6.07, 6.45) is 0. The number of hydrogen-bond donors (Lipinski definition) is 1. The Morgan fingerprint density at radius 1 is 1.47 bits per heavy atom. The molecule has 0 aliphatic heterocycles. The van der Waals surface area contributed by atoms with Gasteiger partial charge in [-0.25, -0.2) is 0 Å². The first-order chi connectivity index (χ1) is 8.08. The van der Waals surface area contributed by atoms with Crippen molar-refractivity contribution in [3.05, 3.63) is 28.2 Å². The van der Waals surface area contributed by atoms with Gasteiger partial charge >= 0.3 is 0 Å². The molecule has 96 valence electrons. The summed E-state index contributed by atoms with van der Waals surface area (Å²) in [7, 11) is 1.71. The Morgan fingerprint density at radius 3 is 2.76 bits per heavy atom. The Balaban J connectivity index is 2.76. The van der Waals surface area contributed by atoms with Gasteiger partial charge in [-0.3, -0.25) is 4.90 Å². The molecule has 1 aromatic carbocycles. The number of benzene rings is 1. The maximum atomic E-state index is 9.81. The van der Waals surface area contributed by atoms with Crippen LogP contribution < -0.4 is 0 Å². The van der Waals surface area contributed by atoms with Crippen molar-refractivity contribution in [1.82, 2.24) is 4.90 Å². The van der Waals surface area contributed by atoms with E-state index in [4.69, 9.17) is 4.74 Å². The molecule has 0 bridgehead atoms. The van der Waals surface area contributed by atoms with E-state index in [1.165, 1.54) is 0 Å². The SMILES string of the molecule is CCN(Cc1cc(Br)ccc1O)C(C)COC. The quantitative estimate of drug-likeness (QED) is 0.877. The predicted octanol–water partition coefficient (Wildman–Crippen LogP) is 3.01. The highest BCUT2D eigenvalue weighted by molar-refractivity contribution is 9.10. The molecular formula is C13H20BrNO2. The minimum absolute atomic E-state index is 0.336. The van der Waals surface area contributed by atoms with Crippen LogP contribution in [0.25, 0.3) is 0 Å². The van der Waals surface area contributed by atoms with Crippen LogP contribution in [0.1, 0.15) is 19.4 Å². The van der Waals surface area contributed by atoms with Gasteiger partial charge in [-0.15, -0.1) is 0 Å². The standard InChI is InChI=1S/C13H20BrNO2/c1-4-15(10(2)9-17-3)8-11-7-12(14)5-6-13(11)16/h5-7,10,16H,4,8-9H2,1-3H3. The van der Waals surface area contributed by atoms with Gasteiger partial charge < -0.3 is 9.84 Å². The normalized spacial score (nSPS) is 13.0. The number of likely N-dealkylation sites (N-methyl/N-ethyl adjacent to an activating group) is 1. The first-order valence-corrected chi connectivity index (χ1v) is 6.58. The smallest absolute Gasteiger partial charge is 0.120 e. The van der Waals surface area contributed by atoms with E-state index in [1.54, 1.807) is 13.2 Å². The zero-order chi connectivity index (χ0) is 12.8. The molecule has 0 amide bonds. The number of rotatable bonds is 6. The highest BCUT2D eigenvalue weighted by Crippen LogP contribution is 2.23. The van der Waals surface area contributed by atoms with Crippen LogP contribution in [0.4, 0.5) is 0 Å². The van der Waals surface area contributed by atoms with Crippen molar-refractivity contribution in [1.29, 1.82) is 0 Å². The predicted molar refractivity (Wildman–Crippen MR) is 73.2 cm³/mol. The number of ether oxygens (including phenoxy) is 1. The molecule has 0 saturated carbocycles. The molecular weight excluding hydrogens is 282 g/mol. The number of halogens is 1. The van der Waals surface area contributed by atoms with Crippen molar-refractivity contribution in [2.45, 2.75) is 26.4 Å². The van der Waals surface area contributed by atoms with Gasteiger partial charge in [0.1, 0.15) is 5.75 Å². The number of phenolic OH excluding ortho intramolecular Hbond substituents is 1. The van der Waals surface area contributed by atoms with E-state index in [1.807, 2.05) is 12.1 Å². The number of hydrogen-bond acceptors (Lipinski definition) is 3. The third-order valence-corrected chi connectivity index (χ3v) is 3.35. The van der Waals surface area contributed by atoms with Gasteiger partial charge in [-0.05, 0) is 31.7 Å². The van der Waals surface area contributed by atoms with Gasteiger partial charge in [0.05, 0.1) is 6.61 Å². The van der Waals surface area contributed by atoms with Gasteiger partial charge in [0.25, 0.3) is 0 Å². The van der Waals surface area contributed by atoms with Crippen LogP contribution >= 0.6 is 15.9 Å². The van der Waals surface area contributed by atoms with Gasteiger partial charge in [0.15, 0.2) is 0 Å². The van der Waals surface area contributed by atoms with Crippen molar-refractivity contribution in [3.63, 3.8) is 0 Å². The maximum Gasteiger partial charge on any atom is 0.120 e. The van der Waals surface area contributed by atoms with E-state index in [0.717, 1.165) is 23.1 Å². The lowest BCUT2D eigenvalue weighted by molar-refractivity contribution is 0.0977. The minimum atomic E-state index is 0.336. The zero-order valence-electron chi connectivity index (χ0n) is 10.6. The third kappa shape index (κ3) is 4.30. The van der Waals surface area contributed by atoms with Gasteiger partial charge in [0, 0.05) is 29.7 Å². The van der Waals surface area contributed by atoms with Crippen molar-refractivity contribution in [2.24, 2.45) is 0 Å². The Bertz CT molecular complexity index is 357. The first-order valence-electron chi connectivity index (χ1n) is 5.78. The molecule has 0 radical (unpaired) electrons. The summed E-state index contributed by atoms with van der Waals surface area (Å²) >= 11 is 3.42. The summed E-state index contributed by atoms with van der Waals surface area (Å²) in [5.74, 6) is 0.344. The first kappa shape index (κ1) is 14.5. The second-order valence-electron chi connectivity index (χ2n) is 4.14. The number of aromatic hydroxyl groups is 1. The maximum absolute atomic E-state index is 9.81. The lowest BCUT2D eigenvalue weighted by atomic mass is 10.1. The molecule has 1 rings (SSSR count). The zero-order valence-corrected chi connectivity index (χ0v) is 12.2. The van der Waals surface area contributed by atoms with Crippen LogP contribution in [-0.2, 0) is 11.3 Å². The molecule has 1 aromatic rings. The van der Waals surface area contributed by atoms with E-state index < -0.39 is 0 Å². The fourth-order valence-electron chi connectivity index (χ4n) is 1.83. The topological polar surface area (TPSA) is 32.7 Å². The van der Waals surface area contributed by atoms with E-state index in [9.17, 15) is 5.11 Å². The lowest BCUT2D eigenvalue weighted by Crippen LogP contribution is -2.35. The molecule has 3 nitrogen and oxygen atoms in total. The van der Waals surface area contributed by atoms with Crippen LogP contribution in [0.5, 0.6) is 5.75 Å². The van der Waals surface area contributed by atoms with Crippen LogP contribution in [0.15, 0.2) is 22.7 Å². The van der Waals surface area contributed by atoms with Gasteiger partial charge in [-0.2, -0.15) is 0 Å². The van der Waals surface area contributed by atoms with E-state index in [2.05, 4.69) is 34.7 Å². The number of methoxy groups -OCH3 is 1. The van der Waals surface area contributed by atoms with Crippen LogP contribution in [0.3, 0.4) is 0 Å². The van der Waals surface area contributed by atoms with Crippen LogP contribution in [0.2, 0.25) is 0 Å². The Hall–Kier alpha value is -0.580. The number of nitrogens with zero attached hydrogens (tertiary/aromatic N) is 1.